The zero-order chi connectivity index (χ0) is 24.2. The lowest BCUT2D eigenvalue weighted by molar-refractivity contribution is -0.148. The number of hydrogen-bond acceptors (Lipinski definition) is 7. The van der Waals surface area contributed by atoms with E-state index in [4.69, 9.17) is 4.74 Å². The number of methoxy groups -OCH3 is 1. The molecule has 0 unspecified atom stereocenters. The van der Waals surface area contributed by atoms with Crippen LogP contribution >= 0.6 is 0 Å². The molecular formula is C24H27NO7S. The van der Waals surface area contributed by atoms with Crippen LogP contribution < -0.4 is 0 Å². The molecule has 0 N–H and O–H groups in total. The molecule has 2 aromatic rings. The van der Waals surface area contributed by atoms with Crippen LogP contribution in [0.5, 0.6) is 0 Å². The van der Waals surface area contributed by atoms with E-state index in [1.165, 1.54) is 29.6 Å². The minimum Gasteiger partial charge on any atom is -0.465 e. The molecule has 0 aliphatic carbocycles. The van der Waals surface area contributed by atoms with Gasteiger partial charge in [-0.2, -0.15) is 4.31 Å². The third kappa shape index (κ3) is 5.48. The van der Waals surface area contributed by atoms with Gasteiger partial charge in [0.2, 0.25) is 10.0 Å². The average molecular weight is 474 g/mol. The fourth-order valence-electron chi connectivity index (χ4n) is 3.69. The van der Waals surface area contributed by atoms with Crippen molar-refractivity contribution in [1.82, 2.24) is 4.31 Å². The molecule has 0 amide bonds. The number of carbonyl (C=O) groups excluding carboxylic acids is 3. The van der Waals surface area contributed by atoms with Gasteiger partial charge in [-0.15, -0.1) is 0 Å². The summed E-state index contributed by atoms with van der Waals surface area (Å²) in [7, 11) is -2.75. The number of sulfonamides is 1. The summed E-state index contributed by atoms with van der Waals surface area (Å²) in [6, 6.07) is 11.2. The second-order valence-electron chi connectivity index (χ2n) is 8.00. The molecule has 1 saturated heterocycles. The monoisotopic (exact) mass is 473 g/mol. The van der Waals surface area contributed by atoms with Crippen LogP contribution in [0.25, 0.3) is 0 Å². The zero-order valence-electron chi connectivity index (χ0n) is 18.9. The van der Waals surface area contributed by atoms with E-state index in [1.54, 1.807) is 18.2 Å². The van der Waals surface area contributed by atoms with Gasteiger partial charge in [0, 0.05) is 18.7 Å². The van der Waals surface area contributed by atoms with Gasteiger partial charge in [-0.3, -0.25) is 9.59 Å². The van der Waals surface area contributed by atoms with Gasteiger partial charge in [0.05, 0.1) is 23.5 Å². The summed E-state index contributed by atoms with van der Waals surface area (Å²) < 4.78 is 37.3. The van der Waals surface area contributed by atoms with Crippen molar-refractivity contribution in [2.75, 3.05) is 26.8 Å². The Balaban J connectivity index is 1.59. The van der Waals surface area contributed by atoms with Crippen molar-refractivity contribution in [2.45, 2.75) is 31.6 Å². The van der Waals surface area contributed by atoms with E-state index in [2.05, 4.69) is 4.74 Å². The van der Waals surface area contributed by atoms with E-state index in [0.717, 1.165) is 11.1 Å². The fourth-order valence-corrected chi connectivity index (χ4v) is 5.34. The Labute approximate surface area is 193 Å². The molecule has 0 radical (unpaired) electrons. The molecule has 0 spiro atoms. The Morgan fingerprint density at radius 1 is 1.00 bits per heavy atom. The average Bonchev–Trinajstić information content (AvgIpc) is 2.83. The van der Waals surface area contributed by atoms with Crippen molar-refractivity contribution in [3.05, 3.63) is 64.7 Å². The predicted octanol–water partition coefficient (Wildman–Crippen LogP) is 2.92. The van der Waals surface area contributed by atoms with E-state index >= 15 is 0 Å². The number of nitrogens with zero attached hydrogens (tertiary/aromatic N) is 1. The molecule has 0 atom stereocenters. The van der Waals surface area contributed by atoms with Gasteiger partial charge < -0.3 is 9.47 Å². The molecule has 8 nitrogen and oxygen atoms in total. The number of Topliss-reactive ketones (excluding diaryl/α,β-unsaturated/α-hetero) is 1. The van der Waals surface area contributed by atoms with Crippen LogP contribution in [0.15, 0.2) is 47.4 Å². The highest BCUT2D eigenvalue weighted by atomic mass is 32.2. The number of rotatable bonds is 7. The van der Waals surface area contributed by atoms with Crippen LogP contribution in [0.1, 0.15) is 44.7 Å². The summed E-state index contributed by atoms with van der Waals surface area (Å²) in [4.78, 5) is 36.7. The standard InChI is InChI=1S/C24H27NO7S/c1-16-8-9-19(14-17(16)2)21(26)15-32-23(27)18-10-12-25(13-11-18)33(29,30)22-7-5-4-6-20(22)24(28)31-3/h4-9,14,18H,10-13,15H2,1-3H3. The lowest BCUT2D eigenvalue weighted by atomic mass is 9.98. The second kappa shape index (κ2) is 10.3. The molecule has 33 heavy (non-hydrogen) atoms. The van der Waals surface area contributed by atoms with Crippen molar-refractivity contribution >= 4 is 27.7 Å². The number of esters is 2. The molecule has 176 valence electrons. The van der Waals surface area contributed by atoms with Crippen molar-refractivity contribution in [3.8, 4) is 0 Å². The summed E-state index contributed by atoms with van der Waals surface area (Å²) >= 11 is 0. The highest BCUT2D eigenvalue weighted by Gasteiger charge is 2.35. The van der Waals surface area contributed by atoms with Gasteiger partial charge in [-0.25, -0.2) is 13.2 Å². The van der Waals surface area contributed by atoms with E-state index < -0.39 is 27.9 Å². The van der Waals surface area contributed by atoms with Crippen molar-refractivity contribution in [1.29, 1.82) is 0 Å². The van der Waals surface area contributed by atoms with Crippen LogP contribution in [0.4, 0.5) is 0 Å². The van der Waals surface area contributed by atoms with E-state index in [1.807, 2.05) is 19.9 Å². The molecule has 1 aliphatic rings. The first kappa shape index (κ1) is 24.6. The van der Waals surface area contributed by atoms with Crippen molar-refractivity contribution in [2.24, 2.45) is 5.92 Å². The number of benzene rings is 2. The van der Waals surface area contributed by atoms with Gasteiger partial charge in [-0.05, 0) is 56.0 Å². The van der Waals surface area contributed by atoms with Gasteiger partial charge in [-0.1, -0.05) is 24.3 Å². The summed E-state index contributed by atoms with van der Waals surface area (Å²) in [6.07, 6.45) is 0.520. The van der Waals surface area contributed by atoms with Gasteiger partial charge >= 0.3 is 11.9 Å². The first-order chi connectivity index (χ1) is 15.6. The second-order valence-corrected chi connectivity index (χ2v) is 9.90. The Bertz CT molecular complexity index is 1170. The van der Waals surface area contributed by atoms with E-state index in [-0.39, 0.29) is 48.8 Å². The molecule has 0 bridgehead atoms. The van der Waals surface area contributed by atoms with Crippen molar-refractivity contribution in [3.63, 3.8) is 0 Å². The summed E-state index contributed by atoms with van der Waals surface area (Å²) in [6.45, 7) is 3.70. The largest absolute Gasteiger partial charge is 0.465 e. The maximum Gasteiger partial charge on any atom is 0.339 e. The molecule has 0 saturated carbocycles. The van der Waals surface area contributed by atoms with Crippen LogP contribution in [0.2, 0.25) is 0 Å². The summed E-state index contributed by atoms with van der Waals surface area (Å²) in [5.74, 6) is -2.04. The highest BCUT2D eigenvalue weighted by molar-refractivity contribution is 7.89. The van der Waals surface area contributed by atoms with Crippen LogP contribution in [0, 0.1) is 19.8 Å². The first-order valence-electron chi connectivity index (χ1n) is 10.6. The molecule has 1 fully saturated rings. The molecule has 1 heterocycles. The van der Waals surface area contributed by atoms with Gasteiger partial charge in [0.15, 0.2) is 12.4 Å². The van der Waals surface area contributed by atoms with Gasteiger partial charge in [0.1, 0.15) is 0 Å². The Kier molecular flexibility index (Phi) is 7.65. The van der Waals surface area contributed by atoms with Crippen molar-refractivity contribution < 1.29 is 32.3 Å². The normalized spacial score (nSPS) is 15.1. The van der Waals surface area contributed by atoms with Crippen LogP contribution in [-0.4, -0.2) is 57.3 Å². The highest BCUT2D eigenvalue weighted by Crippen LogP contribution is 2.27. The van der Waals surface area contributed by atoms with E-state index in [0.29, 0.717) is 5.56 Å². The Hall–Kier alpha value is -3.04. The zero-order valence-corrected chi connectivity index (χ0v) is 19.7. The fraction of sp³-hybridized carbons (Fsp3) is 0.375. The number of ether oxygens (including phenoxy) is 2. The number of aryl methyl sites for hydroxylation is 2. The van der Waals surface area contributed by atoms with Crippen LogP contribution in [-0.2, 0) is 24.3 Å². The number of hydrogen-bond donors (Lipinski definition) is 0. The molecule has 9 heteroatoms. The molecule has 0 aromatic heterocycles. The SMILES string of the molecule is COC(=O)c1ccccc1S(=O)(=O)N1CCC(C(=O)OCC(=O)c2ccc(C)c(C)c2)CC1. The first-order valence-corrected chi connectivity index (χ1v) is 12.0. The van der Waals surface area contributed by atoms with Crippen LogP contribution in [0.3, 0.4) is 0 Å². The quantitative estimate of drug-likeness (QED) is 0.449. The maximum atomic E-state index is 13.1. The molecular weight excluding hydrogens is 446 g/mol. The lowest BCUT2D eigenvalue weighted by Gasteiger charge is -2.30. The minimum absolute atomic E-state index is 0.0358. The molecule has 2 aromatic carbocycles. The number of carbonyl (C=O) groups is 3. The minimum atomic E-state index is -3.94. The summed E-state index contributed by atoms with van der Waals surface area (Å²) in [5, 5.41) is 0. The molecule has 1 aliphatic heterocycles. The maximum absolute atomic E-state index is 13.1. The van der Waals surface area contributed by atoms with E-state index in [9.17, 15) is 22.8 Å². The Morgan fingerprint density at radius 2 is 1.67 bits per heavy atom. The molecule has 3 rings (SSSR count). The lowest BCUT2D eigenvalue weighted by Crippen LogP contribution is -2.41. The number of ketones is 1. The summed E-state index contributed by atoms with van der Waals surface area (Å²) in [5.41, 5.74) is 2.50. The predicted molar refractivity (Wildman–Crippen MR) is 120 cm³/mol. The smallest absolute Gasteiger partial charge is 0.339 e. The number of piperidine rings is 1. The topological polar surface area (TPSA) is 107 Å². The third-order valence-electron chi connectivity index (χ3n) is 5.87. The Morgan fingerprint density at radius 3 is 2.30 bits per heavy atom. The van der Waals surface area contributed by atoms with Gasteiger partial charge in [0.25, 0.3) is 0 Å². The third-order valence-corrected chi connectivity index (χ3v) is 7.83.